The Morgan fingerprint density at radius 3 is 2.86 bits per heavy atom. The Hall–Kier alpha value is -1.05. The lowest BCUT2D eigenvalue weighted by Crippen LogP contribution is -2.46. The SMILES string of the molecule is C#CCCC(N)C(O)C(=O)NC1CC1. The number of carbonyl (C=O) groups excluding carboxylic acids is 1. The van der Waals surface area contributed by atoms with Gasteiger partial charge in [-0.2, -0.15) is 0 Å². The first-order valence-electron chi connectivity index (χ1n) is 4.82. The molecule has 1 aliphatic rings. The van der Waals surface area contributed by atoms with Gasteiger partial charge in [-0.1, -0.05) is 0 Å². The predicted molar refractivity (Wildman–Crippen MR) is 53.2 cm³/mol. The fourth-order valence-corrected chi connectivity index (χ4v) is 1.12. The molecule has 0 radical (unpaired) electrons. The van der Waals surface area contributed by atoms with Crippen molar-refractivity contribution in [3.05, 3.63) is 0 Å². The molecule has 0 saturated heterocycles. The Bertz CT molecular complexity index is 243. The number of carbonyl (C=O) groups is 1. The van der Waals surface area contributed by atoms with Crippen LogP contribution >= 0.6 is 0 Å². The Kier molecular flexibility index (Phi) is 3.93. The highest BCUT2D eigenvalue weighted by Crippen LogP contribution is 2.18. The van der Waals surface area contributed by atoms with Gasteiger partial charge in [-0.3, -0.25) is 4.79 Å². The molecule has 1 saturated carbocycles. The number of hydrogen-bond acceptors (Lipinski definition) is 3. The third-order valence-electron chi connectivity index (χ3n) is 2.22. The lowest BCUT2D eigenvalue weighted by atomic mass is 10.1. The van der Waals surface area contributed by atoms with Crippen LogP contribution in [0.4, 0.5) is 0 Å². The van der Waals surface area contributed by atoms with Crippen LogP contribution in [0.25, 0.3) is 0 Å². The summed E-state index contributed by atoms with van der Waals surface area (Å²) in [5, 5.41) is 12.2. The van der Waals surface area contributed by atoms with E-state index in [2.05, 4.69) is 11.2 Å². The third-order valence-corrected chi connectivity index (χ3v) is 2.22. The van der Waals surface area contributed by atoms with Crippen LogP contribution in [0.15, 0.2) is 0 Å². The molecular formula is C10H16N2O2. The zero-order valence-electron chi connectivity index (χ0n) is 8.07. The van der Waals surface area contributed by atoms with Crippen LogP contribution in [0.2, 0.25) is 0 Å². The van der Waals surface area contributed by atoms with Crippen molar-refractivity contribution >= 4 is 5.91 Å². The number of nitrogens with two attached hydrogens (primary N) is 1. The Morgan fingerprint density at radius 2 is 2.36 bits per heavy atom. The van der Waals surface area contributed by atoms with Crippen LogP contribution in [0.3, 0.4) is 0 Å². The molecule has 4 heteroatoms. The molecular weight excluding hydrogens is 180 g/mol. The molecule has 1 fully saturated rings. The molecule has 4 N–H and O–H groups in total. The average molecular weight is 196 g/mol. The van der Waals surface area contributed by atoms with Crippen LogP contribution < -0.4 is 11.1 Å². The normalized spacial score (nSPS) is 19.5. The highest BCUT2D eigenvalue weighted by molar-refractivity contribution is 5.81. The highest BCUT2D eigenvalue weighted by Gasteiger charge is 2.28. The van der Waals surface area contributed by atoms with E-state index < -0.39 is 12.1 Å². The molecule has 4 nitrogen and oxygen atoms in total. The van der Waals surface area contributed by atoms with E-state index >= 15 is 0 Å². The minimum atomic E-state index is -1.14. The molecule has 0 bridgehead atoms. The topological polar surface area (TPSA) is 75.3 Å². The molecule has 78 valence electrons. The van der Waals surface area contributed by atoms with E-state index in [-0.39, 0.29) is 11.9 Å². The van der Waals surface area contributed by atoms with Crippen LogP contribution in [0, 0.1) is 12.3 Å². The zero-order chi connectivity index (χ0) is 10.6. The number of aliphatic hydroxyl groups excluding tert-OH is 1. The van der Waals surface area contributed by atoms with Crippen molar-refractivity contribution in [1.29, 1.82) is 0 Å². The largest absolute Gasteiger partial charge is 0.382 e. The summed E-state index contributed by atoms with van der Waals surface area (Å²) in [4.78, 5) is 11.3. The summed E-state index contributed by atoms with van der Waals surface area (Å²) in [5.74, 6) is 2.04. The number of hydrogen-bond donors (Lipinski definition) is 3. The Labute approximate surface area is 83.9 Å². The first-order chi connectivity index (χ1) is 6.65. The van der Waals surface area contributed by atoms with Crippen molar-refractivity contribution in [2.75, 3.05) is 0 Å². The molecule has 1 rings (SSSR count). The maximum absolute atomic E-state index is 11.3. The van der Waals surface area contributed by atoms with E-state index in [1.807, 2.05) is 0 Å². The van der Waals surface area contributed by atoms with Gasteiger partial charge in [0.05, 0.1) is 0 Å². The first-order valence-corrected chi connectivity index (χ1v) is 4.82. The summed E-state index contributed by atoms with van der Waals surface area (Å²) in [5.41, 5.74) is 5.59. The van der Waals surface area contributed by atoms with Crippen LogP contribution in [-0.2, 0) is 4.79 Å². The van der Waals surface area contributed by atoms with Gasteiger partial charge in [0.1, 0.15) is 6.10 Å². The van der Waals surface area contributed by atoms with Crippen LogP contribution in [-0.4, -0.2) is 29.2 Å². The molecule has 0 aliphatic heterocycles. The maximum Gasteiger partial charge on any atom is 0.250 e. The van der Waals surface area contributed by atoms with Gasteiger partial charge in [-0.25, -0.2) is 0 Å². The van der Waals surface area contributed by atoms with E-state index in [0.29, 0.717) is 12.8 Å². The Balaban J connectivity index is 2.26. The van der Waals surface area contributed by atoms with Gasteiger partial charge in [-0.05, 0) is 19.3 Å². The average Bonchev–Trinajstić information content (AvgIpc) is 2.96. The van der Waals surface area contributed by atoms with Crippen molar-refractivity contribution in [3.63, 3.8) is 0 Å². The molecule has 0 aromatic heterocycles. The van der Waals surface area contributed by atoms with Gasteiger partial charge < -0.3 is 16.2 Å². The molecule has 0 spiro atoms. The molecule has 0 aromatic carbocycles. The van der Waals surface area contributed by atoms with Gasteiger partial charge in [-0.15, -0.1) is 12.3 Å². The summed E-state index contributed by atoms with van der Waals surface area (Å²) < 4.78 is 0. The van der Waals surface area contributed by atoms with Crippen molar-refractivity contribution in [1.82, 2.24) is 5.32 Å². The minimum Gasteiger partial charge on any atom is -0.382 e. The second-order valence-corrected chi connectivity index (χ2v) is 3.63. The lowest BCUT2D eigenvalue weighted by Gasteiger charge is -2.17. The summed E-state index contributed by atoms with van der Waals surface area (Å²) in [6.07, 6.45) is 6.87. The number of nitrogens with one attached hydrogen (secondary N) is 1. The van der Waals surface area contributed by atoms with Gasteiger partial charge in [0.15, 0.2) is 0 Å². The minimum absolute atomic E-state index is 0.247. The number of amides is 1. The number of rotatable bonds is 5. The van der Waals surface area contributed by atoms with E-state index in [1.54, 1.807) is 0 Å². The summed E-state index contributed by atoms with van der Waals surface area (Å²) in [6.45, 7) is 0. The maximum atomic E-state index is 11.3. The standard InChI is InChI=1S/C10H16N2O2/c1-2-3-4-8(11)9(13)10(14)12-7-5-6-7/h1,7-9,13H,3-6,11H2,(H,12,14). The quantitative estimate of drug-likeness (QED) is 0.512. The molecule has 0 heterocycles. The second-order valence-electron chi connectivity index (χ2n) is 3.63. The van der Waals surface area contributed by atoms with Crippen molar-refractivity contribution in [2.24, 2.45) is 5.73 Å². The summed E-state index contributed by atoms with van der Waals surface area (Å²) in [7, 11) is 0. The predicted octanol–water partition coefficient (Wildman–Crippen LogP) is -0.633. The molecule has 1 aliphatic carbocycles. The van der Waals surface area contributed by atoms with Gasteiger partial charge in [0.2, 0.25) is 0 Å². The van der Waals surface area contributed by atoms with Crippen LogP contribution in [0.5, 0.6) is 0 Å². The van der Waals surface area contributed by atoms with Gasteiger partial charge >= 0.3 is 0 Å². The van der Waals surface area contributed by atoms with Crippen molar-refractivity contribution in [3.8, 4) is 12.3 Å². The molecule has 1 amide bonds. The van der Waals surface area contributed by atoms with E-state index in [4.69, 9.17) is 12.2 Å². The number of terminal acetylenes is 1. The third kappa shape index (κ3) is 3.36. The van der Waals surface area contributed by atoms with E-state index in [1.165, 1.54) is 0 Å². The highest BCUT2D eigenvalue weighted by atomic mass is 16.3. The smallest absolute Gasteiger partial charge is 0.250 e. The Morgan fingerprint density at radius 1 is 1.71 bits per heavy atom. The monoisotopic (exact) mass is 196 g/mol. The fourth-order valence-electron chi connectivity index (χ4n) is 1.12. The van der Waals surface area contributed by atoms with E-state index in [9.17, 15) is 9.90 Å². The fraction of sp³-hybridized carbons (Fsp3) is 0.700. The van der Waals surface area contributed by atoms with Crippen molar-refractivity contribution < 1.29 is 9.90 Å². The summed E-state index contributed by atoms with van der Waals surface area (Å²) >= 11 is 0. The van der Waals surface area contributed by atoms with Gasteiger partial charge in [0, 0.05) is 18.5 Å². The van der Waals surface area contributed by atoms with Crippen LogP contribution in [0.1, 0.15) is 25.7 Å². The molecule has 14 heavy (non-hydrogen) atoms. The summed E-state index contributed by atoms with van der Waals surface area (Å²) in [6, 6.07) is -0.318. The van der Waals surface area contributed by atoms with Crippen molar-refractivity contribution in [2.45, 2.75) is 43.9 Å². The van der Waals surface area contributed by atoms with E-state index in [0.717, 1.165) is 12.8 Å². The first kappa shape index (κ1) is 11.0. The zero-order valence-corrected chi connectivity index (χ0v) is 8.07. The number of aliphatic hydroxyl groups is 1. The van der Waals surface area contributed by atoms with Gasteiger partial charge in [0.25, 0.3) is 5.91 Å². The molecule has 0 aromatic rings. The lowest BCUT2D eigenvalue weighted by molar-refractivity contribution is -0.130. The second kappa shape index (κ2) is 4.99. The molecule has 2 unspecified atom stereocenters. The molecule has 2 atom stereocenters.